The molecule has 0 spiro atoms. The summed E-state index contributed by atoms with van der Waals surface area (Å²) in [5.41, 5.74) is -0.0731. The van der Waals surface area contributed by atoms with E-state index in [4.69, 9.17) is 4.42 Å². The second kappa shape index (κ2) is 7.02. The number of nitrogens with zero attached hydrogens (tertiary/aromatic N) is 4. The van der Waals surface area contributed by atoms with Crippen LogP contribution in [-0.2, 0) is 16.8 Å². The minimum absolute atomic E-state index is 0.0731. The van der Waals surface area contributed by atoms with Crippen molar-refractivity contribution >= 4 is 34.5 Å². The van der Waals surface area contributed by atoms with Gasteiger partial charge in [0.05, 0.1) is 12.5 Å². The maximum absolute atomic E-state index is 11.9. The molecule has 25 heavy (non-hydrogen) atoms. The molecule has 0 bridgehead atoms. The van der Waals surface area contributed by atoms with Gasteiger partial charge in [0.2, 0.25) is 11.8 Å². The van der Waals surface area contributed by atoms with Crippen LogP contribution in [0.15, 0.2) is 35.5 Å². The number of hydrogen-bond acceptors (Lipinski definition) is 6. The van der Waals surface area contributed by atoms with Crippen LogP contribution in [0.1, 0.15) is 37.3 Å². The summed E-state index contributed by atoms with van der Waals surface area (Å²) in [4.78, 5) is 25.2. The molecule has 0 aromatic carbocycles. The maximum Gasteiger partial charge on any atom is 0.246 e. The fourth-order valence-corrected chi connectivity index (χ4v) is 2.73. The molecule has 8 heteroatoms. The Hall–Kier alpha value is -2.74. The highest BCUT2D eigenvalue weighted by atomic mass is 32.1. The Morgan fingerprint density at radius 3 is 2.84 bits per heavy atom. The number of aromatic nitrogens is 4. The Balaban J connectivity index is 1.59. The molecule has 1 N–H and O–H groups in total. The molecular formula is C17H19N5O2S. The molecule has 3 aromatic rings. The largest absolute Gasteiger partial charge is 0.441 e. The molecule has 0 aliphatic rings. The van der Waals surface area contributed by atoms with Crippen LogP contribution in [0.3, 0.4) is 0 Å². The Morgan fingerprint density at radius 2 is 2.16 bits per heavy atom. The highest BCUT2D eigenvalue weighted by Crippen LogP contribution is 2.24. The lowest BCUT2D eigenvalue weighted by molar-refractivity contribution is -0.116. The van der Waals surface area contributed by atoms with Gasteiger partial charge in [0.25, 0.3) is 0 Å². The molecule has 0 aliphatic heterocycles. The van der Waals surface area contributed by atoms with Crippen LogP contribution in [0.4, 0.5) is 5.13 Å². The van der Waals surface area contributed by atoms with Gasteiger partial charge in [-0.25, -0.2) is 15.0 Å². The van der Waals surface area contributed by atoms with Crippen LogP contribution >= 0.6 is 11.3 Å². The maximum atomic E-state index is 11.9. The Morgan fingerprint density at radius 1 is 1.32 bits per heavy atom. The van der Waals surface area contributed by atoms with Crippen LogP contribution in [0.2, 0.25) is 0 Å². The molecule has 7 nitrogen and oxygen atoms in total. The first kappa shape index (κ1) is 17.1. The van der Waals surface area contributed by atoms with E-state index in [1.807, 2.05) is 6.08 Å². The van der Waals surface area contributed by atoms with Crippen LogP contribution in [0.5, 0.6) is 0 Å². The summed E-state index contributed by atoms with van der Waals surface area (Å²) in [6.45, 7) is 6.42. The van der Waals surface area contributed by atoms with Gasteiger partial charge >= 0.3 is 0 Å². The van der Waals surface area contributed by atoms with Crippen LogP contribution < -0.4 is 5.32 Å². The number of hydrogen-bond donors (Lipinski definition) is 1. The number of imidazole rings is 1. The Kier molecular flexibility index (Phi) is 4.80. The third-order valence-corrected chi connectivity index (χ3v) is 4.19. The van der Waals surface area contributed by atoms with Gasteiger partial charge in [0.15, 0.2) is 5.13 Å². The zero-order valence-corrected chi connectivity index (χ0v) is 15.1. The van der Waals surface area contributed by atoms with Crippen molar-refractivity contribution in [1.82, 2.24) is 19.5 Å². The minimum Gasteiger partial charge on any atom is -0.441 e. The first-order valence-electron chi connectivity index (χ1n) is 7.76. The molecule has 0 radical (unpaired) electrons. The summed E-state index contributed by atoms with van der Waals surface area (Å²) in [5.74, 6) is 1.23. The van der Waals surface area contributed by atoms with Gasteiger partial charge in [-0.05, 0) is 6.08 Å². The number of nitrogens with one attached hydrogen (secondary N) is 1. The monoisotopic (exact) mass is 357 g/mol. The fourth-order valence-electron chi connectivity index (χ4n) is 1.99. The van der Waals surface area contributed by atoms with E-state index in [1.54, 1.807) is 41.8 Å². The van der Waals surface area contributed by atoms with Crippen LogP contribution in [-0.4, -0.2) is 25.4 Å². The lowest BCUT2D eigenvalue weighted by Gasteiger charge is -2.12. The molecular weight excluding hydrogens is 338 g/mol. The van der Waals surface area contributed by atoms with E-state index in [0.717, 1.165) is 10.6 Å². The average molecular weight is 357 g/mol. The molecule has 0 saturated carbocycles. The highest BCUT2D eigenvalue weighted by molar-refractivity contribution is 7.16. The Labute approximate surface area is 149 Å². The van der Waals surface area contributed by atoms with E-state index >= 15 is 0 Å². The van der Waals surface area contributed by atoms with Crippen molar-refractivity contribution in [1.29, 1.82) is 0 Å². The van der Waals surface area contributed by atoms with E-state index in [9.17, 15) is 4.79 Å². The number of carbonyl (C=O) groups is 1. The highest BCUT2D eigenvalue weighted by Gasteiger charge is 2.18. The summed E-state index contributed by atoms with van der Waals surface area (Å²) in [6, 6.07) is 0. The van der Waals surface area contributed by atoms with Gasteiger partial charge < -0.3 is 14.3 Å². The second-order valence-corrected chi connectivity index (χ2v) is 7.56. The SMILES string of the molecule is CC(C)(C)c1cnc(C=Cc2cnc(NC(=O)Cn3ccnc3)s2)o1. The summed E-state index contributed by atoms with van der Waals surface area (Å²) < 4.78 is 7.40. The molecule has 130 valence electrons. The molecule has 0 fully saturated rings. The summed E-state index contributed by atoms with van der Waals surface area (Å²) in [6.07, 6.45) is 12.1. The standard InChI is InChI=1S/C17H19N5O2S/c1-17(2,3)13-9-19-15(24-13)5-4-12-8-20-16(25-12)21-14(23)10-22-7-6-18-11-22/h4-9,11H,10H2,1-3H3,(H,20,21,23). The van der Waals surface area contributed by atoms with Gasteiger partial charge in [0, 0.05) is 35.0 Å². The van der Waals surface area contributed by atoms with Crippen LogP contribution in [0, 0.1) is 0 Å². The molecule has 1 amide bonds. The summed E-state index contributed by atoms with van der Waals surface area (Å²) in [7, 11) is 0. The molecule has 3 aromatic heterocycles. The topological polar surface area (TPSA) is 85.8 Å². The summed E-state index contributed by atoms with van der Waals surface area (Å²) in [5, 5.41) is 3.32. The van der Waals surface area contributed by atoms with Gasteiger partial charge in [-0.1, -0.05) is 32.1 Å². The number of rotatable bonds is 5. The number of oxazole rings is 1. The van der Waals surface area contributed by atoms with E-state index in [1.165, 1.54) is 11.3 Å². The van der Waals surface area contributed by atoms with E-state index in [-0.39, 0.29) is 17.9 Å². The first-order chi connectivity index (χ1) is 11.9. The van der Waals surface area contributed by atoms with Crippen molar-refractivity contribution in [2.75, 3.05) is 5.32 Å². The van der Waals surface area contributed by atoms with Crippen molar-refractivity contribution in [3.8, 4) is 0 Å². The third-order valence-electron chi connectivity index (χ3n) is 3.31. The average Bonchev–Trinajstić information content (AvgIpc) is 3.25. The lowest BCUT2D eigenvalue weighted by Crippen LogP contribution is -2.17. The van der Waals surface area contributed by atoms with Gasteiger partial charge in [-0.3, -0.25) is 4.79 Å². The Bertz CT molecular complexity index is 871. The third kappa shape index (κ3) is 4.63. The minimum atomic E-state index is -0.148. The second-order valence-electron chi connectivity index (χ2n) is 6.50. The number of thiazole rings is 1. The van der Waals surface area contributed by atoms with Crippen molar-refractivity contribution in [2.24, 2.45) is 0 Å². The molecule has 0 saturated heterocycles. The van der Waals surface area contributed by atoms with Crippen molar-refractivity contribution in [2.45, 2.75) is 32.7 Å². The molecule has 0 unspecified atom stereocenters. The van der Waals surface area contributed by atoms with Crippen molar-refractivity contribution < 1.29 is 9.21 Å². The number of amides is 1. The fraction of sp³-hybridized carbons (Fsp3) is 0.294. The van der Waals surface area contributed by atoms with Gasteiger partial charge in [0.1, 0.15) is 12.3 Å². The first-order valence-corrected chi connectivity index (χ1v) is 8.57. The predicted octanol–water partition coefficient (Wildman–Crippen LogP) is 3.43. The van der Waals surface area contributed by atoms with Crippen molar-refractivity contribution in [3.05, 3.63) is 47.6 Å². The number of anilines is 1. The van der Waals surface area contributed by atoms with Gasteiger partial charge in [-0.15, -0.1) is 0 Å². The van der Waals surface area contributed by atoms with E-state index < -0.39 is 0 Å². The van der Waals surface area contributed by atoms with E-state index in [2.05, 4.69) is 41.0 Å². The molecule has 3 rings (SSSR count). The normalized spacial score (nSPS) is 12.0. The van der Waals surface area contributed by atoms with E-state index in [0.29, 0.717) is 11.0 Å². The van der Waals surface area contributed by atoms with Crippen LogP contribution in [0.25, 0.3) is 12.2 Å². The van der Waals surface area contributed by atoms with Gasteiger partial charge in [-0.2, -0.15) is 0 Å². The predicted molar refractivity (Wildman–Crippen MR) is 97.1 cm³/mol. The zero-order chi connectivity index (χ0) is 17.9. The number of carbonyl (C=O) groups excluding carboxylic acids is 1. The quantitative estimate of drug-likeness (QED) is 0.756. The zero-order valence-electron chi connectivity index (χ0n) is 14.3. The summed E-state index contributed by atoms with van der Waals surface area (Å²) >= 11 is 1.38. The molecule has 0 aliphatic carbocycles. The smallest absolute Gasteiger partial charge is 0.246 e. The molecule has 0 atom stereocenters. The molecule has 3 heterocycles. The lowest BCUT2D eigenvalue weighted by atomic mass is 9.94. The van der Waals surface area contributed by atoms with Crippen molar-refractivity contribution in [3.63, 3.8) is 0 Å².